The van der Waals surface area contributed by atoms with Gasteiger partial charge in [-0.3, -0.25) is 9.59 Å². The molecule has 1 aliphatic heterocycles. The summed E-state index contributed by atoms with van der Waals surface area (Å²) in [7, 11) is 0. The predicted octanol–water partition coefficient (Wildman–Crippen LogP) is 3.20. The highest BCUT2D eigenvalue weighted by molar-refractivity contribution is 5.94. The molecule has 0 saturated carbocycles. The lowest BCUT2D eigenvalue weighted by Gasteiger charge is -2.29. The third-order valence-corrected chi connectivity index (χ3v) is 5.05. The third-order valence-electron chi connectivity index (χ3n) is 5.05. The van der Waals surface area contributed by atoms with Crippen LogP contribution in [0.15, 0.2) is 42.5 Å². The summed E-state index contributed by atoms with van der Waals surface area (Å²) in [4.78, 5) is 37.4. The zero-order chi connectivity index (χ0) is 26.9. The van der Waals surface area contributed by atoms with Gasteiger partial charge in [0.05, 0.1) is 0 Å². The maximum Gasteiger partial charge on any atom is 0.490 e. The molecule has 0 unspecified atom stereocenters. The molecule has 2 amide bonds. The number of halogens is 6. The van der Waals surface area contributed by atoms with Gasteiger partial charge in [0.2, 0.25) is 5.91 Å². The van der Waals surface area contributed by atoms with Crippen molar-refractivity contribution in [1.82, 2.24) is 15.1 Å². The number of rotatable bonds is 6. The van der Waals surface area contributed by atoms with E-state index in [1.807, 2.05) is 0 Å². The van der Waals surface area contributed by atoms with E-state index in [2.05, 4.69) is 5.32 Å². The number of benzene rings is 2. The van der Waals surface area contributed by atoms with E-state index in [-0.39, 0.29) is 31.0 Å². The van der Waals surface area contributed by atoms with Gasteiger partial charge in [0.1, 0.15) is 5.82 Å². The average molecular weight is 519 g/mol. The number of carbonyl (C=O) groups excluding carboxylic acids is 2. The van der Waals surface area contributed by atoms with E-state index in [4.69, 9.17) is 9.90 Å². The minimum atomic E-state index is -5.08. The van der Waals surface area contributed by atoms with Crippen LogP contribution in [0.4, 0.5) is 26.3 Å². The van der Waals surface area contributed by atoms with Gasteiger partial charge < -0.3 is 20.2 Å². The number of nitrogens with zero attached hydrogens (tertiary/aromatic N) is 2. The molecule has 0 bridgehead atoms. The summed E-state index contributed by atoms with van der Waals surface area (Å²) >= 11 is 0. The van der Waals surface area contributed by atoms with Crippen molar-refractivity contribution in [2.75, 3.05) is 32.7 Å². The van der Waals surface area contributed by atoms with Crippen LogP contribution in [0, 0.1) is 17.5 Å². The van der Waals surface area contributed by atoms with Gasteiger partial charge in [-0.25, -0.2) is 18.0 Å². The largest absolute Gasteiger partial charge is 0.490 e. The van der Waals surface area contributed by atoms with Crippen LogP contribution in [-0.2, 0) is 16.1 Å². The molecule has 0 atom stereocenters. The maximum atomic E-state index is 13.6. The molecule has 2 N–H and O–H groups in total. The van der Waals surface area contributed by atoms with E-state index in [0.717, 1.165) is 25.2 Å². The topological polar surface area (TPSA) is 90.0 Å². The highest BCUT2D eigenvalue weighted by Gasteiger charge is 2.38. The fourth-order valence-corrected chi connectivity index (χ4v) is 3.18. The van der Waals surface area contributed by atoms with Gasteiger partial charge in [0.25, 0.3) is 5.91 Å². The summed E-state index contributed by atoms with van der Waals surface area (Å²) in [6, 6.07) is 8.58. The minimum absolute atomic E-state index is 0.0133. The highest BCUT2D eigenvalue weighted by Crippen LogP contribution is 2.15. The number of aliphatic carboxylic acids is 1. The van der Waals surface area contributed by atoms with E-state index in [9.17, 15) is 35.9 Å². The summed E-state index contributed by atoms with van der Waals surface area (Å²) in [5.41, 5.74) is 0.651. The molecule has 36 heavy (non-hydrogen) atoms. The number of amides is 2. The van der Waals surface area contributed by atoms with Gasteiger partial charge in [-0.1, -0.05) is 12.1 Å². The highest BCUT2D eigenvalue weighted by atomic mass is 19.4. The van der Waals surface area contributed by atoms with Crippen molar-refractivity contribution in [3.05, 3.63) is 71.0 Å². The fourth-order valence-electron chi connectivity index (χ4n) is 3.18. The van der Waals surface area contributed by atoms with Gasteiger partial charge in [0, 0.05) is 51.3 Å². The van der Waals surface area contributed by atoms with Crippen molar-refractivity contribution in [2.45, 2.75) is 19.1 Å². The molecule has 0 aliphatic carbocycles. The zero-order valence-electron chi connectivity index (χ0n) is 18.8. The lowest BCUT2D eigenvalue weighted by molar-refractivity contribution is -0.192. The maximum absolute atomic E-state index is 13.6. The Morgan fingerprint density at radius 1 is 0.944 bits per heavy atom. The third kappa shape index (κ3) is 8.87. The van der Waals surface area contributed by atoms with Gasteiger partial charge in [-0.15, -0.1) is 0 Å². The first-order valence-electron chi connectivity index (χ1n) is 10.7. The van der Waals surface area contributed by atoms with Gasteiger partial charge in [0.15, 0.2) is 11.6 Å². The van der Waals surface area contributed by atoms with Crippen LogP contribution >= 0.6 is 0 Å². The van der Waals surface area contributed by atoms with E-state index in [0.29, 0.717) is 18.7 Å². The Morgan fingerprint density at radius 2 is 1.53 bits per heavy atom. The summed E-state index contributed by atoms with van der Waals surface area (Å²) in [6.45, 7) is 2.88. The van der Waals surface area contributed by atoms with E-state index < -0.39 is 35.5 Å². The second-order valence-corrected chi connectivity index (χ2v) is 7.67. The molecule has 2 aromatic rings. The van der Waals surface area contributed by atoms with Crippen LogP contribution in [0.2, 0.25) is 0 Å². The number of nitrogens with one attached hydrogen (secondary N) is 1. The molecule has 0 spiro atoms. The number of hydrogen-bond donors (Lipinski definition) is 2. The Bertz CT molecular complexity index is 1060. The molecule has 1 saturated heterocycles. The minimum Gasteiger partial charge on any atom is -0.475 e. The van der Waals surface area contributed by atoms with Crippen molar-refractivity contribution in [3.63, 3.8) is 0 Å². The van der Waals surface area contributed by atoms with E-state index in [1.165, 1.54) is 23.1 Å². The van der Waals surface area contributed by atoms with Crippen LogP contribution in [-0.4, -0.2) is 71.6 Å². The summed E-state index contributed by atoms with van der Waals surface area (Å²) < 4.78 is 71.7. The summed E-state index contributed by atoms with van der Waals surface area (Å²) in [6.07, 6.45) is -4.98. The molecule has 196 valence electrons. The Morgan fingerprint density at radius 3 is 2.06 bits per heavy atom. The van der Waals surface area contributed by atoms with Crippen molar-refractivity contribution in [1.29, 1.82) is 0 Å². The number of alkyl halides is 3. The Hall–Kier alpha value is -3.61. The number of hydrogen-bond acceptors (Lipinski definition) is 4. The van der Waals surface area contributed by atoms with Crippen LogP contribution < -0.4 is 5.32 Å². The van der Waals surface area contributed by atoms with Crippen LogP contribution in [0.1, 0.15) is 22.3 Å². The molecule has 1 heterocycles. The molecule has 3 rings (SSSR count). The molecular formula is C23H23F6N3O4. The number of piperazine rings is 1. The fraction of sp³-hybridized carbons (Fsp3) is 0.348. The zero-order valence-corrected chi connectivity index (χ0v) is 18.8. The van der Waals surface area contributed by atoms with Gasteiger partial charge >= 0.3 is 12.1 Å². The van der Waals surface area contributed by atoms with Crippen molar-refractivity contribution in [3.8, 4) is 0 Å². The van der Waals surface area contributed by atoms with Gasteiger partial charge in [-0.2, -0.15) is 13.2 Å². The van der Waals surface area contributed by atoms with E-state index >= 15 is 0 Å². The van der Waals surface area contributed by atoms with Crippen molar-refractivity contribution < 1.29 is 45.8 Å². The van der Waals surface area contributed by atoms with Crippen molar-refractivity contribution >= 4 is 17.8 Å². The average Bonchev–Trinajstić information content (AvgIpc) is 2.84. The molecule has 2 aromatic carbocycles. The Labute approximate surface area is 202 Å². The number of carbonyl (C=O) groups is 3. The molecule has 0 radical (unpaired) electrons. The normalized spacial score (nSPS) is 13.4. The molecule has 1 fully saturated rings. The summed E-state index contributed by atoms with van der Waals surface area (Å²) in [5, 5.41) is 10.3. The molecule has 13 heteroatoms. The lowest BCUT2D eigenvalue weighted by atomic mass is 10.1. The predicted molar refractivity (Wildman–Crippen MR) is 115 cm³/mol. The first-order valence-corrected chi connectivity index (χ1v) is 10.7. The van der Waals surface area contributed by atoms with Crippen LogP contribution in [0.25, 0.3) is 0 Å². The first kappa shape index (κ1) is 28.6. The summed E-state index contributed by atoms with van der Waals surface area (Å²) in [5.74, 6) is -5.92. The molecule has 7 nitrogen and oxygen atoms in total. The molecule has 1 aliphatic rings. The number of carboxylic acids is 1. The van der Waals surface area contributed by atoms with Crippen LogP contribution in [0.5, 0.6) is 0 Å². The SMILES string of the molecule is O=C(CCN(Cc1ccc(F)cc1)C(=O)c1ccc(F)c(F)c1)N1CCNCC1.O=C(O)C(F)(F)F. The smallest absolute Gasteiger partial charge is 0.475 e. The van der Waals surface area contributed by atoms with Gasteiger partial charge in [-0.05, 0) is 35.9 Å². The molecule has 0 aromatic heterocycles. The Kier molecular flexibility index (Phi) is 10.3. The quantitative estimate of drug-likeness (QED) is 0.573. The monoisotopic (exact) mass is 519 g/mol. The second kappa shape index (κ2) is 12.9. The second-order valence-electron chi connectivity index (χ2n) is 7.67. The number of carboxylic acid groups (broad SMARTS) is 1. The van der Waals surface area contributed by atoms with E-state index in [1.54, 1.807) is 17.0 Å². The lowest BCUT2D eigenvalue weighted by Crippen LogP contribution is -2.47. The Balaban J connectivity index is 0.000000572. The van der Waals surface area contributed by atoms with Crippen molar-refractivity contribution in [2.24, 2.45) is 0 Å². The first-order chi connectivity index (χ1) is 16.9. The molecular weight excluding hydrogens is 496 g/mol. The standard InChI is InChI=1S/C21H22F3N3O2.C2HF3O2/c22-17-4-1-15(2-5-17)14-27(10-7-20(28)26-11-8-25-9-12-26)21(29)16-3-6-18(23)19(24)13-16;3-2(4,5)1(6)7/h1-6,13,25H,7-12,14H2;(H,6,7). The van der Waals surface area contributed by atoms with Crippen LogP contribution in [0.3, 0.4) is 0 Å².